The Morgan fingerprint density at radius 3 is 2.88 bits per heavy atom. The van der Waals surface area contributed by atoms with Crippen LogP contribution in [0.4, 0.5) is 4.79 Å². The first-order chi connectivity index (χ1) is 7.92. The zero-order chi connectivity index (χ0) is 12.9. The molecule has 0 saturated carbocycles. The van der Waals surface area contributed by atoms with Gasteiger partial charge >= 0.3 is 6.09 Å². The highest BCUT2D eigenvalue weighted by Crippen LogP contribution is 2.13. The summed E-state index contributed by atoms with van der Waals surface area (Å²) in [7, 11) is 0. The summed E-state index contributed by atoms with van der Waals surface area (Å²) in [6, 6.07) is 0. The maximum atomic E-state index is 11.8. The lowest BCUT2D eigenvalue weighted by Gasteiger charge is -2.33. The lowest BCUT2D eigenvalue weighted by Crippen LogP contribution is -2.46. The van der Waals surface area contributed by atoms with Crippen molar-refractivity contribution in [2.24, 2.45) is 5.73 Å². The molecule has 1 amide bonds. The Morgan fingerprint density at radius 2 is 2.29 bits per heavy atom. The molecule has 1 unspecified atom stereocenters. The number of carbonyl (C=O) groups excluding carboxylic acids is 1. The lowest BCUT2D eigenvalue weighted by molar-refractivity contribution is -0.0264. The topological polar surface area (TPSA) is 64.8 Å². The van der Waals surface area contributed by atoms with Crippen molar-refractivity contribution < 1.29 is 14.3 Å². The summed E-state index contributed by atoms with van der Waals surface area (Å²) in [5, 5.41) is 0. The van der Waals surface area contributed by atoms with E-state index >= 15 is 0 Å². The second-order valence-electron chi connectivity index (χ2n) is 5.00. The van der Waals surface area contributed by atoms with Crippen LogP contribution in [-0.2, 0) is 9.47 Å². The van der Waals surface area contributed by atoms with Gasteiger partial charge in [0.2, 0.25) is 0 Å². The molecule has 0 aliphatic carbocycles. The molecule has 17 heavy (non-hydrogen) atoms. The molecule has 98 valence electrons. The van der Waals surface area contributed by atoms with Crippen LogP contribution in [0.25, 0.3) is 0 Å². The van der Waals surface area contributed by atoms with Crippen LogP contribution < -0.4 is 5.73 Å². The Kier molecular flexibility index (Phi) is 4.96. The second-order valence-corrected chi connectivity index (χ2v) is 5.00. The van der Waals surface area contributed by atoms with Crippen molar-refractivity contribution in [3.05, 3.63) is 12.2 Å². The van der Waals surface area contributed by atoms with Gasteiger partial charge in [0.1, 0.15) is 5.60 Å². The number of nitrogens with two attached hydrogens (primary N) is 1. The maximum Gasteiger partial charge on any atom is 0.410 e. The van der Waals surface area contributed by atoms with E-state index in [9.17, 15) is 4.79 Å². The van der Waals surface area contributed by atoms with Gasteiger partial charge in [-0.15, -0.1) is 0 Å². The molecular weight excluding hydrogens is 220 g/mol. The zero-order valence-electron chi connectivity index (χ0n) is 10.8. The summed E-state index contributed by atoms with van der Waals surface area (Å²) in [6.45, 7) is 7.67. The Balaban J connectivity index is 2.49. The summed E-state index contributed by atoms with van der Waals surface area (Å²) < 4.78 is 10.8. The molecule has 1 heterocycles. The summed E-state index contributed by atoms with van der Waals surface area (Å²) in [4.78, 5) is 13.5. The van der Waals surface area contributed by atoms with E-state index in [4.69, 9.17) is 15.2 Å². The normalized spacial score (nSPS) is 21.9. The molecule has 1 rings (SSSR count). The van der Waals surface area contributed by atoms with Gasteiger partial charge in [-0.1, -0.05) is 12.2 Å². The third kappa shape index (κ3) is 5.19. The fourth-order valence-corrected chi connectivity index (χ4v) is 1.51. The van der Waals surface area contributed by atoms with Gasteiger partial charge in [0.25, 0.3) is 0 Å². The van der Waals surface area contributed by atoms with Crippen LogP contribution in [0.15, 0.2) is 12.2 Å². The van der Waals surface area contributed by atoms with Gasteiger partial charge in [-0.3, -0.25) is 0 Å². The number of rotatable bonds is 2. The van der Waals surface area contributed by atoms with Crippen LogP contribution in [0.1, 0.15) is 20.8 Å². The third-order valence-corrected chi connectivity index (χ3v) is 2.23. The molecule has 5 nitrogen and oxygen atoms in total. The van der Waals surface area contributed by atoms with Gasteiger partial charge in [-0.2, -0.15) is 0 Å². The average molecular weight is 242 g/mol. The summed E-state index contributed by atoms with van der Waals surface area (Å²) >= 11 is 0. The minimum absolute atomic E-state index is 0.0835. The van der Waals surface area contributed by atoms with E-state index in [1.807, 2.05) is 32.9 Å². The Labute approximate surface area is 103 Å². The fraction of sp³-hybridized carbons (Fsp3) is 0.750. The number of nitrogens with zero attached hydrogens (tertiary/aromatic N) is 1. The minimum Gasteiger partial charge on any atom is -0.444 e. The SMILES string of the molecule is CC(C)(C)OC(=O)N1CCOC(/C=C/CN)C1. The molecule has 0 bridgehead atoms. The quantitative estimate of drug-likeness (QED) is 0.737. The fourth-order valence-electron chi connectivity index (χ4n) is 1.51. The van der Waals surface area contributed by atoms with Crippen LogP contribution in [0.2, 0.25) is 0 Å². The van der Waals surface area contributed by atoms with Gasteiger partial charge in [0.05, 0.1) is 19.3 Å². The molecule has 1 aliphatic heterocycles. The van der Waals surface area contributed by atoms with Gasteiger partial charge in [0, 0.05) is 13.1 Å². The molecule has 0 radical (unpaired) electrons. The molecule has 0 aromatic rings. The number of ether oxygens (including phenoxy) is 2. The van der Waals surface area contributed by atoms with Crippen molar-refractivity contribution in [1.29, 1.82) is 0 Å². The van der Waals surface area contributed by atoms with E-state index in [1.165, 1.54) is 0 Å². The van der Waals surface area contributed by atoms with Gasteiger partial charge < -0.3 is 20.1 Å². The Morgan fingerprint density at radius 1 is 1.59 bits per heavy atom. The number of hydrogen-bond donors (Lipinski definition) is 1. The largest absolute Gasteiger partial charge is 0.444 e. The first-order valence-electron chi connectivity index (χ1n) is 5.88. The molecule has 5 heteroatoms. The zero-order valence-corrected chi connectivity index (χ0v) is 10.8. The molecule has 1 aliphatic rings. The number of carbonyl (C=O) groups is 1. The highest BCUT2D eigenvalue weighted by molar-refractivity contribution is 5.68. The van der Waals surface area contributed by atoms with Crippen LogP contribution in [-0.4, -0.2) is 48.9 Å². The van der Waals surface area contributed by atoms with Crippen molar-refractivity contribution >= 4 is 6.09 Å². The summed E-state index contributed by atoms with van der Waals surface area (Å²) in [6.07, 6.45) is 3.35. The molecule has 0 aromatic carbocycles. The van der Waals surface area contributed by atoms with Gasteiger partial charge in [0.15, 0.2) is 0 Å². The monoisotopic (exact) mass is 242 g/mol. The molecule has 1 atom stereocenters. The van der Waals surface area contributed by atoms with E-state index in [1.54, 1.807) is 4.90 Å². The van der Waals surface area contributed by atoms with Crippen molar-refractivity contribution in [1.82, 2.24) is 4.90 Å². The van der Waals surface area contributed by atoms with Crippen molar-refractivity contribution in [3.8, 4) is 0 Å². The second kappa shape index (κ2) is 6.02. The van der Waals surface area contributed by atoms with E-state index in [2.05, 4.69) is 0 Å². The van der Waals surface area contributed by atoms with Crippen LogP contribution in [0.3, 0.4) is 0 Å². The van der Waals surface area contributed by atoms with E-state index in [0.29, 0.717) is 26.2 Å². The highest BCUT2D eigenvalue weighted by atomic mass is 16.6. The molecular formula is C12H22N2O3. The average Bonchev–Trinajstić information content (AvgIpc) is 2.24. The van der Waals surface area contributed by atoms with Gasteiger partial charge in [-0.05, 0) is 20.8 Å². The summed E-state index contributed by atoms with van der Waals surface area (Å²) in [5.74, 6) is 0. The van der Waals surface area contributed by atoms with Gasteiger partial charge in [-0.25, -0.2) is 4.79 Å². The van der Waals surface area contributed by atoms with E-state index in [0.717, 1.165) is 0 Å². The van der Waals surface area contributed by atoms with Crippen molar-refractivity contribution in [2.75, 3.05) is 26.2 Å². The first kappa shape index (κ1) is 14.0. The highest BCUT2D eigenvalue weighted by Gasteiger charge is 2.26. The number of morpholine rings is 1. The van der Waals surface area contributed by atoms with Crippen LogP contribution in [0.5, 0.6) is 0 Å². The first-order valence-corrected chi connectivity index (χ1v) is 5.88. The molecule has 0 aromatic heterocycles. The summed E-state index contributed by atoms with van der Waals surface area (Å²) in [5.41, 5.74) is 4.92. The molecule has 2 N–H and O–H groups in total. The number of hydrogen-bond acceptors (Lipinski definition) is 4. The van der Waals surface area contributed by atoms with E-state index < -0.39 is 5.60 Å². The predicted octanol–water partition coefficient (Wildman–Crippen LogP) is 1.14. The predicted molar refractivity (Wildman–Crippen MR) is 65.7 cm³/mol. The molecule has 1 saturated heterocycles. The minimum atomic E-state index is -0.460. The lowest BCUT2D eigenvalue weighted by atomic mass is 10.2. The van der Waals surface area contributed by atoms with Crippen LogP contribution in [0, 0.1) is 0 Å². The molecule has 0 spiro atoms. The van der Waals surface area contributed by atoms with E-state index in [-0.39, 0.29) is 12.2 Å². The van der Waals surface area contributed by atoms with Crippen LogP contribution >= 0.6 is 0 Å². The maximum absolute atomic E-state index is 11.8. The smallest absolute Gasteiger partial charge is 0.410 e. The number of amides is 1. The van der Waals surface area contributed by atoms with Crippen molar-refractivity contribution in [3.63, 3.8) is 0 Å². The Hall–Kier alpha value is -1.07. The standard InChI is InChI=1S/C12H22N2O3/c1-12(2,3)17-11(15)14-7-8-16-10(9-14)5-4-6-13/h4-5,10H,6-9,13H2,1-3H3/b5-4+. The van der Waals surface area contributed by atoms with Crippen molar-refractivity contribution in [2.45, 2.75) is 32.5 Å². The third-order valence-electron chi connectivity index (χ3n) is 2.23. The Bertz CT molecular complexity index is 284. The molecule has 1 fully saturated rings.